The summed E-state index contributed by atoms with van der Waals surface area (Å²) in [7, 11) is 1.60. The monoisotopic (exact) mass is 251 g/mol. The molecular weight excluding hydrogens is 234 g/mol. The van der Waals surface area contributed by atoms with Crippen molar-refractivity contribution < 1.29 is 19.8 Å². The number of aliphatic carboxylic acids is 1. The van der Waals surface area contributed by atoms with Crippen LogP contribution in [0, 0.1) is 0 Å². The van der Waals surface area contributed by atoms with E-state index in [1.165, 1.54) is 4.90 Å². The zero-order chi connectivity index (χ0) is 13.7. The maximum Gasteiger partial charge on any atom is 0.303 e. The third-order valence-corrected chi connectivity index (χ3v) is 2.91. The molecule has 0 radical (unpaired) electrons. The molecular formula is C13H17NO4. The molecule has 0 fully saturated rings. The first-order valence-corrected chi connectivity index (χ1v) is 5.68. The molecule has 0 bridgehead atoms. The number of para-hydroxylation sites is 1. The number of nitrogens with zero attached hydrogens (tertiary/aromatic N) is 1. The number of phenolic OH excluding ortho intramolecular Hbond substituents is 1. The molecule has 1 aromatic rings. The summed E-state index contributed by atoms with van der Waals surface area (Å²) in [6.07, 6.45) is -0.222. The largest absolute Gasteiger partial charge is 0.508 e. The van der Waals surface area contributed by atoms with Gasteiger partial charge in [0.25, 0.3) is 0 Å². The number of hydrogen-bond donors (Lipinski definition) is 2. The predicted octanol–water partition coefficient (Wildman–Crippen LogP) is 1.78. The van der Waals surface area contributed by atoms with Crippen molar-refractivity contribution in [3.8, 4) is 5.75 Å². The second-order valence-corrected chi connectivity index (χ2v) is 4.13. The minimum atomic E-state index is -0.994. The van der Waals surface area contributed by atoms with Crippen molar-refractivity contribution in [2.45, 2.75) is 25.8 Å². The molecule has 1 aromatic carbocycles. The number of amides is 1. The van der Waals surface area contributed by atoms with Crippen LogP contribution in [0.25, 0.3) is 0 Å². The molecule has 0 aliphatic carbocycles. The van der Waals surface area contributed by atoms with E-state index in [1.54, 1.807) is 38.2 Å². The van der Waals surface area contributed by atoms with Crippen LogP contribution in [0.1, 0.15) is 31.4 Å². The first-order chi connectivity index (χ1) is 8.43. The lowest BCUT2D eigenvalue weighted by Crippen LogP contribution is -2.29. The lowest BCUT2D eigenvalue weighted by atomic mass is 10.1. The summed E-state index contributed by atoms with van der Waals surface area (Å²) < 4.78 is 0. The van der Waals surface area contributed by atoms with E-state index in [4.69, 9.17) is 5.11 Å². The molecule has 1 rings (SSSR count). The van der Waals surface area contributed by atoms with E-state index >= 15 is 0 Å². The van der Waals surface area contributed by atoms with E-state index < -0.39 is 5.97 Å². The Morgan fingerprint density at radius 1 is 1.28 bits per heavy atom. The Bertz CT molecular complexity index is 444. The maximum atomic E-state index is 11.8. The summed E-state index contributed by atoms with van der Waals surface area (Å²) in [6.45, 7) is 1.79. The van der Waals surface area contributed by atoms with Gasteiger partial charge in [0.15, 0.2) is 0 Å². The Balaban J connectivity index is 2.72. The van der Waals surface area contributed by atoms with Crippen LogP contribution >= 0.6 is 0 Å². The molecule has 0 saturated carbocycles. The van der Waals surface area contributed by atoms with Crippen molar-refractivity contribution in [2.75, 3.05) is 7.05 Å². The van der Waals surface area contributed by atoms with Gasteiger partial charge in [0, 0.05) is 19.0 Å². The number of hydrogen-bond acceptors (Lipinski definition) is 3. The van der Waals surface area contributed by atoms with Crippen LogP contribution in [-0.4, -0.2) is 34.0 Å². The average Bonchev–Trinajstić information content (AvgIpc) is 2.34. The highest BCUT2D eigenvalue weighted by atomic mass is 16.4. The minimum Gasteiger partial charge on any atom is -0.508 e. The van der Waals surface area contributed by atoms with E-state index in [2.05, 4.69) is 0 Å². The van der Waals surface area contributed by atoms with Crippen LogP contribution in [0.2, 0.25) is 0 Å². The van der Waals surface area contributed by atoms with E-state index in [-0.39, 0.29) is 30.5 Å². The summed E-state index contributed by atoms with van der Waals surface area (Å²) >= 11 is 0. The van der Waals surface area contributed by atoms with Gasteiger partial charge in [-0.2, -0.15) is 0 Å². The molecule has 98 valence electrons. The van der Waals surface area contributed by atoms with Crippen molar-refractivity contribution >= 4 is 11.9 Å². The van der Waals surface area contributed by atoms with Crippen molar-refractivity contribution in [1.82, 2.24) is 4.90 Å². The fourth-order valence-corrected chi connectivity index (χ4v) is 1.66. The molecule has 5 heteroatoms. The van der Waals surface area contributed by atoms with Crippen molar-refractivity contribution in [3.05, 3.63) is 29.8 Å². The number of carbonyl (C=O) groups is 2. The minimum absolute atomic E-state index is 0.0379. The average molecular weight is 251 g/mol. The third-order valence-electron chi connectivity index (χ3n) is 2.91. The second kappa shape index (κ2) is 6.05. The Labute approximate surface area is 106 Å². The van der Waals surface area contributed by atoms with Crippen LogP contribution < -0.4 is 0 Å². The fourth-order valence-electron chi connectivity index (χ4n) is 1.66. The van der Waals surface area contributed by atoms with Gasteiger partial charge in [-0.25, -0.2) is 0 Å². The first-order valence-electron chi connectivity index (χ1n) is 5.68. The summed E-state index contributed by atoms with van der Waals surface area (Å²) in [4.78, 5) is 23.6. The quantitative estimate of drug-likeness (QED) is 0.836. The summed E-state index contributed by atoms with van der Waals surface area (Å²) in [5, 5.41) is 18.2. The highest BCUT2D eigenvalue weighted by molar-refractivity contribution is 5.80. The molecule has 1 unspecified atom stereocenters. The Morgan fingerprint density at radius 2 is 1.89 bits per heavy atom. The van der Waals surface area contributed by atoms with Crippen LogP contribution in [0.3, 0.4) is 0 Å². The van der Waals surface area contributed by atoms with Gasteiger partial charge in [-0.1, -0.05) is 18.2 Å². The number of benzene rings is 1. The van der Waals surface area contributed by atoms with E-state index in [1.807, 2.05) is 0 Å². The van der Waals surface area contributed by atoms with Crippen LogP contribution in [0.5, 0.6) is 5.75 Å². The Hall–Kier alpha value is -2.04. The summed E-state index contributed by atoms with van der Waals surface area (Å²) in [6, 6.07) is 6.48. The number of rotatable bonds is 5. The van der Waals surface area contributed by atoms with E-state index in [0.717, 1.165) is 0 Å². The van der Waals surface area contributed by atoms with Crippen LogP contribution in [-0.2, 0) is 9.59 Å². The third kappa shape index (κ3) is 3.48. The standard InChI is InChI=1S/C13H17NO4/c1-9(10-5-3-4-6-11(10)15)14(2)12(16)7-8-13(17)18/h3-6,9,15H,7-8H2,1-2H3,(H,17,18). The zero-order valence-corrected chi connectivity index (χ0v) is 10.5. The Morgan fingerprint density at radius 3 is 2.44 bits per heavy atom. The lowest BCUT2D eigenvalue weighted by molar-refractivity contribution is -0.141. The summed E-state index contributed by atoms with van der Waals surface area (Å²) in [5.74, 6) is -1.12. The van der Waals surface area contributed by atoms with Crippen molar-refractivity contribution in [3.63, 3.8) is 0 Å². The van der Waals surface area contributed by atoms with Gasteiger partial charge in [-0.15, -0.1) is 0 Å². The van der Waals surface area contributed by atoms with E-state index in [9.17, 15) is 14.7 Å². The molecule has 0 heterocycles. The molecule has 5 nitrogen and oxygen atoms in total. The topological polar surface area (TPSA) is 77.8 Å². The molecule has 1 amide bonds. The second-order valence-electron chi connectivity index (χ2n) is 4.13. The lowest BCUT2D eigenvalue weighted by Gasteiger charge is -2.25. The number of phenols is 1. The fraction of sp³-hybridized carbons (Fsp3) is 0.385. The smallest absolute Gasteiger partial charge is 0.303 e. The predicted molar refractivity (Wildman–Crippen MR) is 66.2 cm³/mol. The van der Waals surface area contributed by atoms with Gasteiger partial charge in [0.2, 0.25) is 5.91 Å². The Kier molecular flexibility index (Phi) is 4.71. The SMILES string of the molecule is CC(c1ccccc1O)N(C)C(=O)CCC(=O)O. The van der Waals surface area contributed by atoms with Crippen molar-refractivity contribution in [1.29, 1.82) is 0 Å². The normalized spacial score (nSPS) is 11.9. The van der Waals surface area contributed by atoms with Gasteiger partial charge in [-0.3, -0.25) is 9.59 Å². The van der Waals surface area contributed by atoms with Gasteiger partial charge in [0.1, 0.15) is 5.75 Å². The zero-order valence-electron chi connectivity index (χ0n) is 10.5. The van der Waals surface area contributed by atoms with Gasteiger partial charge >= 0.3 is 5.97 Å². The highest BCUT2D eigenvalue weighted by Gasteiger charge is 2.19. The molecule has 0 aliphatic rings. The number of aromatic hydroxyl groups is 1. The molecule has 0 saturated heterocycles. The number of carboxylic acids is 1. The number of carbonyl (C=O) groups excluding carboxylic acids is 1. The summed E-state index contributed by atoms with van der Waals surface area (Å²) in [5.41, 5.74) is 0.642. The van der Waals surface area contributed by atoms with Gasteiger partial charge in [-0.05, 0) is 13.0 Å². The maximum absolute atomic E-state index is 11.8. The molecule has 2 N–H and O–H groups in total. The molecule has 1 atom stereocenters. The molecule has 0 aliphatic heterocycles. The highest BCUT2D eigenvalue weighted by Crippen LogP contribution is 2.27. The molecule has 0 spiro atoms. The van der Waals surface area contributed by atoms with Crippen LogP contribution in [0.4, 0.5) is 0 Å². The van der Waals surface area contributed by atoms with Gasteiger partial charge < -0.3 is 15.1 Å². The van der Waals surface area contributed by atoms with E-state index in [0.29, 0.717) is 5.56 Å². The molecule has 18 heavy (non-hydrogen) atoms. The van der Waals surface area contributed by atoms with Gasteiger partial charge in [0.05, 0.1) is 12.5 Å². The van der Waals surface area contributed by atoms with Crippen molar-refractivity contribution in [2.24, 2.45) is 0 Å². The first kappa shape index (κ1) is 14.0. The van der Waals surface area contributed by atoms with Crippen LogP contribution in [0.15, 0.2) is 24.3 Å². The number of carboxylic acid groups (broad SMARTS) is 1. The molecule has 0 aromatic heterocycles.